The zero-order valence-corrected chi connectivity index (χ0v) is 11.4. The molecular formula is C16H13N3O2. The van der Waals surface area contributed by atoms with Crippen LogP contribution < -0.4 is 10.9 Å². The molecule has 2 aromatic heterocycles. The summed E-state index contributed by atoms with van der Waals surface area (Å²) in [6.45, 7) is 1.36. The maximum atomic E-state index is 12.1. The van der Waals surface area contributed by atoms with Crippen molar-refractivity contribution < 1.29 is 4.79 Å². The Morgan fingerprint density at radius 3 is 2.52 bits per heavy atom. The van der Waals surface area contributed by atoms with Gasteiger partial charge < -0.3 is 5.32 Å². The van der Waals surface area contributed by atoms with Crippen molar-refractivity contribution in [3.63, 3.8) is 0 Å². The Morgan fingerprint density at radius 2 is 1.81 bits per heavy atom. The number of para-hydroxylation sites is 1. The number of hydrogen-bond acceptors (Lipinski definition) is 4. The van der Waals surface area contributed by atoms with Crippen LogP contribution in [0.5, 0.6) is 0 Å². The van der Waals surface area contributed by atoms with Crippen LogP contribution in [-0.4, -0.2) is 15.2 Å². The van der Waals surface area contributed by atoms with Crippen LogP contribution in [0.25, 0.3) is 5.65 Å². The molecule has 2 heterocycles. The number of rotatable bonds is 3. The van der Waals surface area contributed by atoms with Crippen molar-refractivity contribution in [2.75, 3.05) is 5.32 Å². The van der Waals surface area contributed by atoms with Crippen LogP contribution in [0.1, 0.15) is 17.3 Å². The van der Waals surface area contributed by atoms with Crippen LogP contribution in [-0.2, 0) is 0 Å². The molecule has 0 fully saturated rings. The lowest BCUT2D eigenvalue weighted by Gasteiger charge is -2.13. The lowest BCUT2D eigenvalue weighted by molar-refractivity contribution is 0.101. The molecule has 0 atom stereocenters. The predicted molar refractivity (Wildman–Crippen MR) is 81.2 cm³/mol. The van der Waals surface area contributed by atoms with Gasteiger partial charge in [-0.3, -0.25) is 14.0 Å². The zero-order valence-electron chi connectivity index (χ0n) is 11.4. The maximum Gasteiger partial charge on any atom is 0.286 e. The molecule has 3 rings (SSSR count). The largest absolute Gasteiger partial charge is 0.341 e. The summed E-state index contributed by atoms with van der Waals surface area (Å²) in [6.07, 6.45) is 1.76. The fraction of sp³-hybridized carbons (Fsp3) is 0.0625. The van der Waals surface area contributed by atoms with Gasteiger partial charge in [-0.1, -0.05) is 24.3 Å². The summed E-state index contributed by atoms with van der Waals surface area (Å²) >= 11 is 0. The maximum absolute atomic E-state index is 12.1. The smallest absolute Gasteiger partial charge is 0.286 e. The van der Waals surface area contributed by atoms with Crippen molar-refractivity contribution in [2.24, 2.45) is 0 Å². The molecule has 21 heavy (non-hydrogen) atoms. The number of carbonyl (C=O) groups is 1. The van der Waals surface area contributed by atoms with Crippen LogP contribution >= 0.6 is 0 Å². The fourth-order valence-electron chi connectivity index (χ4n) is 2.19. The first-order chi connectivity index (χ1) is 10.2. The van der Waals surface area contributed by atoms with E-state index in [2.05, 4.69) is 10.3 Å². The van der Waals surface area contributed by atoms with Crippen LogP contribution in [0.3, 0.4) is 0 Å². The van der Waals surface area contributed by atoms with E-state index in [0.717, 1.165) is 5.69 Å². The van der Waals surface area contributed by atoms with Crippen molar-refractivity contribution in [1.82, 2.24) is 9.38 Å². The Bertz CT molecular complexity index is 870. The number of benzene rings is 1. The quantitative estimate of drug-likeness (QED) is 0.749. The number of hydrogen-bond donors (Lipinski definition) is 1. The minimum Gasteiger partial charge on any atom is -0.341 e. The number of carbonyl (C=O) groups excluding carboxylic acids is 1. The monoisotopic (exact) mass is 279 g/mol. The van der Waals surface area contributed by atoms with Gasteiger partial charge in [-0.2, -0.15) is 4.98 Å². The molecule has 0 aliphatic heterocycles. The number of pyridine rings is 1. The lowest BCUT2D eigenvalue weighted by Crippen LogP contribution is -2.22. The number of aromatic nitrogens is 2. The summed E-state index contributed by atoms with van der Waals surface area (Å²) in [5, 5.41) is 3.14. The molecule has 0 saturated carbocycles. The lowest BCUT2D eigenvalue weighted by atomic mass is 10.2. The molecule has 0 unspecified atom stereocenters. The molecule has 0 radical (unpaired) electrons. The van der Waals surface area contributed by atoms with E-state index in [-0.39, 0.29) is 11.3 Å². The van der Waals surface area contributed by atoms with Gasteiger partial charge in [-0.05, 0) is 31.2 Å². The van der Waals surface area contributed by atoms with E-state index >= 15 is 0 Å². The van der Waals surface area contributed by atoms with Crippen LogP contribution in [0, 0.1) is 0 Å². The highest BCUT2D eigenvalue weighted by Gasteiger charge is 2.16. The molecule has 0 saturated heterocycles. The van der Waals surface area contributed by atoms with Gasteiger partial charge in [0.2, 0.25) is 0 Å². The standard InChI is InChI=1S/C16H13N3O2/c1-11(20)14-15(17-12-7-3-2-4-8-12)19-10-6-5-9-13(19)18-16(14)21/h2-10,17H,1H3. The first-order valence-electron chi connectivity index (χ1n) is 6.51. The summed E-state index contributed by atoms with van der Waals surface area (Å²) in [4.78, 5) is 27.9. The summed E-state index contributed by atoms with van der Waals surface area (Å²) in [7, 11) is 0. The van der Waals surface area contributed by atoms with Crippen molar-refractivity contribution in [2.45, 2.75) is 6.92 Å². The van der Waals surface area contributed by atoms with Gasteiger partial charge in [0.25, 0.3) is 5.56 Å². The molecule has 1 aromatic carbocycles. The second kappa shape index (κ2) is 5.20. The van der Waals surface area contributed by atoms with E-state index < -0.39 is 5.56 Å². The third kappa shape index (κ3) is 2.41. The minimum absolute atomic E-state index is 0.0579. The zero-order chi connectivity index (χ0) is 14.8. The van der Waals surface area contributed by atoms with E-state index in [9.17, 15) is 9.59 Å². The van der Waals surface area contributed by atoms with Gasteiger partial charge in [0.1, 0.15) is 17.0 Å². The van der Waals surface area contributed by atoms with Crippen molar-refractivity contribution in [3.05, 3.63) is 70.6 Å². The van der Waals surface area contributed by atoms with Crippen molar-refractivity contribution in [1.29, 1.82) is 0 Å². The number of anilines is 2. The number of nitrogens with zero attached hydrogens (tertiary/aromatic N) is 2. The Hall–Kier alpha value is -2.95. The first kappa shape index (κ1) is 13.1. The van der Waals surface area contributed by atoms with Gasteiger partial charge >= 0.3 is 0 Å². The number of Topliss-reactive ketones (excluding diaryl/α,β-unsaturated/α-hetero) is 1. The summed E-state index contributed by atoms with van der Waals surface area (Å²) in [5.74, 6) is 0.119. The van der Waals surface area contributed by atoms with E-state index in [1.54, 1.807) is 22.7 Å². The van der Waals surface area contributed by atoms with E-state index in [1.807, 2.05) is 36.4 Å². The van der Waals surface area contributed by atoms with Crippen LogP contribution in [0.15, 0.2) is 59.5 Å². The predicted octanol–water partition coefficient (Wildman–Crippen LogP) is 2.64. The molecule has 0 spiro atoms. The molecule has 5 heteroatoms. The highest BCUT2D eigenvalue weighted by atomic mass is 16.1. The highest BCUT2D eigenvalue weighted by molar-refractivity contribution is 5.99. The van der Waals surface area contributed by atoms with Gasteiger partial charge in [0, 0.05) is 11.9 Å². The number of fused-ring (bicyclic) bond motifs is 1. The number of nitrogens with one attached hydrogen (secondary N) is 1. The molecule has 0 aliphatic carbocycles. The molecule has 104 valence electrons. The molecule has 3 aromatic rings. The Morgan fingerprint density at radius 1 is 1.10 bits per heavy atom. The van der Waals surface area contributed by atoms with Crippen LogP contribution in [0.2, 0.25) is 0 Å². The minimum atomic E-state index is -0.521. The van der Waals surface area contributed by atoms with Crippen LogP contribution in [0.4, 0.5) is 11.5 Å². The highest BCUT2D eigenvalue weighted by Crippen LogP contribution is 2.19. The normalized spacial score (nSPS) is 10.5. The van der Waals surface area contributed by atoms with Gasteiger partial charge in [-0.15, -0.1) is 0 Å². The van der Waals surface area contributed by atoms with E-state index in [1.165, 1.54) is 6.92 Å². The topological polar surface area (TPSA) is 63.5 Å². The molecule has 5 nitrogen and oxygen atoms in total. The number of ketones is 1. The third-order valence-electron chi connectivity index (χ3n) is 3.13. The van der Waals surface area contributed by atoms with E-state index in [0.29, 0.717) is 11.5 Å². The molecule has 0 aliphatic rings. The van der Waals surface area contributed by atoms with Gasteiger partial charge in [0.05, 0.1) is 0 Å². The SMILES string of the molecule is CC(=O)c1c(Nc2ccccc2)n2ccccc2nc1=O. The van der Waals surface area contributed by atoms with Crippen molar-refractivity contribution >= 4 is 22.9 Å². The second-order valence-electron chi connectivity index (χ2n) is 4.62. The van der Waals surface area contributed by atoms with Crippen molar-refractivity contribution in [3.8, 4) is 0 Å². The summed E-state index contributed by atoms with van der Waals surface area (Å²) in [6, 6.07) is 14.7. The Balaban J connectivity index is 2.29. The second-order valence-corrected chi connectivity index (χ2v) is 4.62. The first-order valence-corrected chi connectivity index (χ1v) is 6.51. The fourth-order valence-corrected chi connectivity index (χ4v) is 2.19. The summed E-state index contributed by atoms with van der Waals surface area (Å²) < 4.78 is 1.70. The molecule has 0 bridgehead atoms. The van der Waals surface area contributed by atoms with Gasteiger partial charge in [-0.25, -0.2) is 0 Å². The van der Waals surface area contributed by atoms with Gasteiger partial charge in [0.15, 0.2) is 5.78 Å². The average Bonchev–Trinajstić information content (AvgIpc) is 2.47. The third-order valence-corrected chi connectivity index (χ3v) is 3.13. The average molecular weight is 279 g/mol. The molecule has 1 N–H and O–H groups in total. The molecular weight excluding hydrogens is 266 g/mol. The Labute approximate surface area is 120 Å². The molecule has 0 amide bonds. The summed E-state index contributed by atoms with van der Waals surface area (Å²) in [5.41, 5.74) is 0.823. The van der Waals surface area contributed by atoms with E-state index in [4.69, 9.17) is 0 Å². The Kier molecular flexibility index (Phi) is 3.23.